The van der Waals surface area contributed by atoms with Crippen molar-refractivity contribution >= 4 is 49.0 Å². The first-order valence-corrected chi connectivity index (χ1v) is 7.39. The molecule has 9 heteroatoms. The summed E-state index contributed by atoms with van der Waals surface area (Å²) >= 11 is 0. The fourth-order valence-electron chi connectivity index (χ4n) is 2.17. The van der Waals surface area contributed by atoms with E-state index in [9.17, 15) is 4.39 Å². The molecule has 0 saturated heterocycles. The summed E-state index contributed by atoms with van der Waals surface area (Å²) in [6.45, 7) is 0. The lowest BCUT2D eigenvalue weighted by Gasteiger charge is -2.10. The van der Waals surface area contributed by atoms with Crippen LogP contribution in [0.1, 0.15) is 0 Å². The van der Waals surface area contributed by atoms with Crippen LogP contribution in [0.3, 0.4) is 0 Å². The van der Waals surface area contributed by atoms with Gasteiger partial charge in [-0.2, -0.15) is 4.98 Å². The number of hydrogen-bond donors (Lipinski definition) is 4. The van der Waals surface area contributed by atoms with Gasteiger partial charge >= 0.3 is 15.0 Å². The van der Waals surface area contributed by atoms with Gasteiger partial charge in [-0.15, -0.1) is 0 Å². The molecule has 0 bridgehead atoms. The minimum Gasteiger partial charge on any atom is -0.450 e. The van der Waals surface area contributed by atoms with Crippen LogP contribution in [0.2, 0.25) is 0 Å². The lowest BCUT2D eigenvalue weighted by atomic mass is 9.89. The zero-order valence-electron chi connectivity index (χ0n) is 13.0. The molecular formula is C16H13B2FN4O2. The van der Waals surface area contributed by atoms with Gasteiger partial charge in [-0.3, -0.25) is 0 Å². The van der Waals surface area contributed by atoms with Gasteiger partial charge < -0.3 is 20.7 Å². The standard InChI is InChI=1S/C16H13B2FN4O2/c19-14-9-20-16(22-13-6-2-4-11(8-13)18-25)23-15(14)21-12-5-1-3-10(7-12)17-24/h1-9,24-25H,(H2,20,21,22,23). The molecule has 2 radical (unpaired) electrons. The molecule has 3 aromatic rings. The molecule has 0 aliphatic rings. The Hall–Kier alpha value is -2.90. The van der Waals surface area contributed by atoms with Crippen molar-refractivity contribution in [1.29, 1.82) is 0 Å². The van der Waals surface area contributed by atoms with Crippen molar-refractivity contribution in [2.24, 2.45) is 0 Å². The van der Waals surface area contributed by atoms with Gasteiger partial charge in [0.25, 0.3) is 0 Å². The number of hydrogen-bond acceptors (Lipinski definition) is 6. The molecule has 0 fully saturated rings. The lowest BCUT2D eigenvalue weighted by Crippen LogP contribution is -2.14. The Balaban J connectivity index is 1.82. The van der Waals surface area contributed by atoms with Crippen molar-refractivity contribution in [3.05, 3.63) is 60.5 Å². The first-order chi connectivity index (χ1) is 12.2. The molecule has 2 aromatic carbocycles. The van der Waals surface area contributed by atoms with E-state index in [1.165, 1.54) is 0 Å². The number of aromatic nitrogens is 2. The van der Waals surface area contributed by atoms with Crippen LogP contribution >= 0.6 is 0 Å². The van der Waals surface area contributed by atoms with Crippen molar-refractivity contribution in [1.82, 2.24) is 9.97 Å². The van der Waals surface area contributed by atoms with Gasteiger partial charge in [0, 0.05) is 11.4 Å². The maximum absolute atomic E-state index is 14.0. The van der Waals surface area contributed by atoms with Crippen LogP contribution in [0.15, 0.2) is 54.7 Å². The predicted molar refractivity (Wildman–Crippen MR) is 96.7 cm³/mol. The molecular weight excluding hydrogens is 321 g/mol. The number of nitrogens with one attached hydrogen (secondary N) is 2. The average molecular weight is 334 g/mol. The highest BCUT2D eigenvalue weighted by atomic mass is 19.1. The molecule has 3 rings (SSSR count). The highest BCUT2D eigenvalue weighted by Crippen LogP contribution is 2.19. The minimum atomic E-state index is -0.610. The van der Waals surface area contributed by atoms with E-state index in [0.29, 0.717) is 22.3 Å². The zero-order valence-corrected chi connectivity index (χ0v) is 13.0. The van der Waals surface area contributed by atoms with E-state index in [0.717, 1.165) is 21.2 Å². The molecule has 0 aliphatic carbocycles. The smallest absolute Gasteiger partial charge is 0.326 e. The van der Waals surface area contributed by atoms with Gasteiger partial charge in [0.1, 0.15) is 0 Å². The maximum atomic E-state index is 14.0. The summed E-state index contributed by atoms with van der Waals surface area (Å²) in [5.74, 6) is -0.414. The van der Waals surface area contributed by atoms with Crippen LogP contribution in [0, 0.1) is 5.82 Å². The molecule has 0 atom stereocenters. The summed E-state index contributed by atoms with van der Waals surface area (Å²) in [4.78, 5) is 8.03. The molecule has 25 heavy (non-hydrogen) atoms. The number of anilines is 4. The first kappa shape index (κ1) is 16.9. The Morgan fingerprint density at radius 2 is 1.48 bits per heavy atom. The molecule has 1 aromatic heterocycles. The Morgan fingerprint density at radius 3 is 2.08 bits per heavy atom. The molecule has 0 unspecified atom stereocenters. The largest absolute Gasteiger partial charge is 0.450 e. The van der Waals surface area contributed by atoms with Gasteiger partial charge in [0.2, 0.25) is 5.95 Å². The first-order valence-electron chi connectivity index (χ1n) is 7.39. The Kier molecular flexibility index (Phi) is 5.27. The Morgan fingerprint density at radius 1 is 0.880 bits per heavy atom. The monoisotopic (exact) mass is 334 g/mol. The zero-order chi connectivity index (χ0) is 17.6. The maximum Gasteiger partial charge on any atom is 0.326 e. The van der Waals surface area contributed by atoms with E-state index in [2.05, 4.69) is 20.6 Å². The third kappa shape index (κ3) is 4.34. The second kappa shape index (κ2) is 7.78. The van der Waals surface area contributed by atoms with E-state index in [-0.39, 0.29) is 11.8 Å². The summed E-state index contributed by atoms with van der Waals surface area (Å²) in [5, 5.41) is 23.9. The van der Waals surface area contributed by atoms with Crippen molar-refractivity contribution in [2.75, 3.05) is 10.6 Å². The summed E-state index contributed by atoms with van der Waals surface area (Å²) < 4.78 is 14.0. The third-order valence-corrected chi connectivity index (χ3v) is 3.33. The second-order valence-electron chi connectivity index (χ2n) is 5.15. The number of halogens is 1. The van der Waals surface area contributed by atoms with E-state index in [1.54, 1.807) is 48.5 Å². The molecule has 0 spiro atoms. The summed E-state index contributed by atoms with van der Waals surface area (Å²) in [7, 11) is 1.94. The van der Waals surface area contributed by atoms with Gasteiger partial charge in [-0.1, -0.05) is 35.2 Å². The number of rotatable bonds is 6. The van der Waals surface area contributed by atoms with E-state index >= 15 is 0 Å². The van der Waals surface area contributed by atoms with Crippen LogP contribution in [0.25, 0.3) is 0 Å². The molecule has 4 N–H and O–H groups in total. The van der Waals surface area contributed by atoms with Gasteiger partial charge in [-0.25, -0.2) is 9.37 Å². The normalized spacial score (nSPS) is 10.2. The topological polar surface area (TPSA) is 90.3 Å². The highest BCUT2D eigenvalue weighted by Gasteiger charge is 2.09. The van der Waals surface area contributed by atoms with Crippen LogP contribution in [-0.4, -0.2) is 35.0 Å². The summed E-state index contributed by atoms with van der Waals surface area (Å²) in [5.41, 5.74) is 2.41. The summed E-state index contributed by atoms with van der Waals surface area (Å²) in [6.07, 6.45) is 1.06. The molecule has 1 heterocycles. The van der Waals surface area contributed by atoms with E-state index in [1.807, 2.05) is 0 Å². The van der Waals surface area contributed by atoms with Crippen LogP contribution in [0.4, 0.5) is 27.5 Å². The predicted octanol–water partition coefficient (Wildman–Crippen LogP) is 0.577. The van der Waals surface area contributed by atoms with E-state index in [4.69, 9.17) is 10.0 Å². The fourth-order valence-corrected chi connectivity index (χ4v) is 2.17. The fraction of sp³-hybridized carbons (Fsp3) is 0. The average Bonchev–Trinajstić information content (AvgIpc) is 2.65. The van der Waals surface area contributed by atoms with Gasteiger partial charge in [-0.05, 0) is 24.3 Å². The molecule has 122 valence electrons. The van der Waals surface area contributed by atoms with Gasteiger partial charge in [0.15, 0.2) is 11.6 Å². The third-order valence-electron chi connectivity index (χ3n) is 3.33. The van der Waals surface area contributed by atoms with Crippen LogP contribution in [-0.2, 0) is 0 Å². The SMILES string of the molecule is O[B]c1cccc(Nc2ncc(F)c(Nc3cccc([B]O)c3)n2)c1. The Bertz CT molecular complexity index is 882. The van der Waals surface area contributed by atoms with E-state index < -0.39 is 5.82 Å². The number of nitrogens with zero attached hydrogens (tertiary/aromatic N) is 2. The minimum absolute atomic E-state index is 0.00235. The van der Waals surface area contributed by atoms with Crippen LogP contribution < -0.4 is 21.6 Å². The molecule has 0 amide bonds. The van der Waals surface area contributed by atoms with Crippen molar-refractivity contribution in [3.63, 3.8) is 0 Å². The Labute approximate surface area is 145 Å². The van der Waals surface area contributed by atoms with Crippen LogP contribution in [0.5, 0.6) is 0 Å². The highest BCUT2D eigenvalue weighted by molar-refractivity contribution is 6.46. The van der Waals surface area contributed by atoms with Crippen molar-refractivity contribution in [2.45, 2.75) is 0 Å². The molecule has 0 saturated carbocycles. The quantitative estimate of drug-likeness (QED) is 0.493. The van der Waals surface area contributed by atoms with Crippen molar-refractivity contribution in [3.8, 4) is 0 Å². The molecule has 6 nitrogen and oxygen atoms in total. The molecule has 0 aliphatic heterocycles. The van der Waals surface area contributed by atoms with Crippen molar-refractivity contribution < 1.29 is 14.4 Å². The summed E-state index contributed by atoms with van der Waals surface area (Å²) in [6, 6.07) is 13.8. The number of benzene rings is 2. The second-order valence-corrected chi connectivity index (χ2v) is 5.15. The lowest BCUT2D eigenvalue weighted by molar-refractivity contribution is 0.615. The van der Waals surface area contributed by atoms with Gasteiger partial charge in [0.05, 0.1) is 6.20 Å².